The summed E-state index contributed by atoms with van der Waals surface area (Å²) in [6.45, 7) is 5.61. The molecule has 104 valence electrons. The minimum absolute atomic E-state index is 0.134. The number of hydrogen-bond donors (Lipinski definition) is 1. The Labute approximate surface area is 128 Å². The minimum Gasteiger partial charge on any atom is -0.334 e. The van der Waals surface area contributed by atoms with Gasteiger partial charge in [0.15, 0.2) is 0 Å². The number of hydrogen-bond acceptors (Lipinski definition) is 2. The third-order valence-electron chi connectivity index (χ3n) is 4.04. The molecule has 0 spiro atoms. The van der Waals surface area contributed by atoms with Crippen molar-refractivity contribution in [3.05, 3.63) is 32.9 Å². The highest BCUT2D eigenvalue weighted by Gasteiger charge is 2.32. The highest BCUT2D eigenvalue weighted by atomic mass is 127. The molecule has 1 aliphatic rings. The summed E-state index contributed by atoms with van der Waals surface area (Å²) in [7, 11) is 0. The number of rotatable bonds is 2. The van der Waals surface area contributed by atoms with Crippen LogP contribution in [0.2, 0.25) is 0 Å². The summed E-state index contributed by atoms with van der Waals surface area (Å²) >= 11 is 2.26. The zero-order valence-electron chi connectivity index (χ0n) is 11.5. The number of nitrogens with zero attached hydrogens (tertiary/aromatic N) is 1. The van der Waals surface area contributed by atoms with E-state index in [4.69, 9.17) is 5.73 Å². The maximum absolute atomic E-state index is 12.8. The summed E-state index contributed by atoms with van der Waals surface area (Å²) < 4.78 is 1.05. The standard InChI is InChI=1S/C15H21IN2O/c1-10-6-4-8-18(13(10)9-17)15(19)12-7-3-5-11(2)14(12)16/h3,5,7,10,13H,4,6,8-9,17H2,1-2H3. The third kappa shape index (κ3) is 2.94. The van der Waals surface area contributed by atoms with Gasteiger partial charge in [-0.15, -0.1) is 0 Å². The number of amides is 1. The molecule has 0 saturated carbocycles. The Balaban J connectivity index is 2.29. The molecular weight excluding hydrogens is 351 g/mol. The van der Waals surface area contributed by atoms with Gasteiger partial charge in [0.25, 0.3) is 5.91 Å². The van der Waals surface area contributed by atoms with E-state index in [9.17, 15) is 4.79 Å². The maximum atomic E-state index is 12.8. The van der Waals surface area contributed by atoms with Gasteiger partial charge in [0, 0.05) is 22.7 Å². The highest BCUT2D eigenvalue weighted by Crippen LogP contribution is 2.26. The fraction of sp³-hybridized carbons (Fsp3) is 0.533. The fourth-order valence-electron chi connectivity index (χ4n) is 2.83. The molecule has 19 heavy (non-hydrogen) atoms. The SMILES string of the molecule is Cc1cccc(C(=O)N2CCCC(C)C2CN)c1I. The van der Waals surface area contributed by atoms with E-state index in [2.05, 4.69) is 29.5 Å². The summed E-state index contributed by atoms with van der Waals surface area (Å²) in [6.07, 6.45) is 2.24. The van der Waals surface area contributed by atoms with Crippen molar-refractivity contribution in [2.24, 2.45) is 11.7 Å². The smallest absolute Gasteiger partial charge is 0.255 e. The van der Waals surface area contributed by atoms with Crippen molar-refractivity contribution in [1.82, 2.24) is 4.90 Å². The third-order valence-corrected chi connectivity index (χ3v) is 5.47. The van der Waals surface area contributed by atoms with Crippen molar-refractivity contribution in [3.63, 3.8) is 0 Å². The molecule has 1 heterocycles. The first kappa shape index (κ1) is 14.8. The molecule has 1 amide bonds. The average Bonchev–Trinajstić information content (AvgIpc) is 2.41. The van der Waals surface area contributed by atoms with Gasteiger partial charge in [0.2, 0.25) is 0 Å². The summed E-state index contributed by atoms with van der Waals surface area (Å²) in [5.74, 6) is 0.625. The monoisotopic (exact) mass is 372 g/mol. The van der Waals surface area contributed by atoms with E-state index in [0.29, 0.717) is 12.5 Å². The Kier molecular flexibility index (Phi) is 4.84. The van der Waals surface area contributed by atoms with Crippen molar-refractivity contribution < 1.29 is 4.79 Å². The molecule has 1 saturated heterocycles. The Morgan fingerprint density at radius 2 is 2.26 bits per heavy atom. The minimum atomic E-state index is 0.134. The van der Waals surface area contributed by atoms with Gasteiger partial charge in [-0.05, 0) is 59.9 Å². The van der Waals surface area contributed by atoms with Crippen LogP contribution in [0.5, 0.6) is 0 Å². The molecule has 0 aromatic heterocycles. The van der Waals surface area contributed by atoms with Crippen molar-refractivity contribution in [1.29, 1.82) is 0 Å². The van der Waals surface area contributed by atoms with Gasteiger partial charge < -0.3 is 10.6 Å². The highest BCUT2D eigenvalue weighted by molar-refractivity contribution is 14.1. The van der Waals surface area contributed by atoms with E-state index in [1.165, 1.54) is 0 Å². The van der Waals surface area contributed by atoms with Crippen LogP contribution in [0.4, 0.5) is 0 Å². The molecule has 4 heteroatoms. The van der Waals surface area contributed by atoms with E-state index >= 15 is 0 Å². The Hall–Kier alpha value is -0.620. The van der Waals surface area contributed by atoms with Crippen molar-refractivity contribution in [2.45, 2.75) is 32.7 Å². The van der Waals surface area contributed by atoms with E-state index in [1.807, 2.05) is 30.0 Å². The largest absolute Gasteiger partial charge is 0.334 e. The Bertz CT molecular complexity index is 475. The molecule has 0 radical (unpaired) electrons. The van der Waals surface area contributed by atoms with Crippen LogP contribution in [0.15, 0.2) is 18.2 Å². The average molecular weight is 372 g/mol. The second-order valence-electron chi connectivity index (χ2n) is 5.36. The van der Waals surface area contributed by atoms with E-state index in [1.54, 1.807) is 0 Å². The summed E-state index contributed by atoms with van der Waals surface area (Å²) in [5.41, 5.74) is 7.84. The predicted molar refractivity (Wildman–Crippen MR) is 86.2 cm³/mol. The van der Waals surface area contributed by atoms with Crippen LogP contribution >= 0.6 is 22.6 Å². The molecule has 1 aromatic carbocycles. The number of carbonyl (C=O) groups excluding carboxylic acids is 1. The van der Waals surface area contributed by atoms with Gasteiger partial charge in [-0.1, -0.05) is 19.1 Å². The van der Waals surface area contributed by atoms with Gasteiger partial charge in [0.05, 0.1) is 5.56 Å². The first-order valence-corrected chi connectivity index (χ1v) is 7.90. The first-order chi connectivity index (χ1) is 9.06. The number of likely N-dealkylation sites (tertiary alicyclic amines) is 1. The van der Waals surface area contributed by atoms with Gasteiger partial charge in [-0.25, -0.2) is 0 Å². The molecule has 1 fully saturated rings. The zero-order valence-corrected chi connectivity index (χ0v) is 13.7. The van der Waals surface area contributed by atoms with Gasteiger partial charge in [-0.2, -0.15) is 0 Å². The summed E-state index contributed by atoms with van der Waals surface area (Å²) in [5, 5.41) is 0. The second kappa shape index (κ2) is 6.22. The number of nitrogens with two attached hydrogens (primary N) is 1. The van der Waals surface area contributed by atoms with Gasteiger partial charge >= 0.3 is 0 Å². The molecule has 0 bridgehead atoms. The van der Waals surface area contributed by atoms with Gasteiger partial charge in [-0.3, -0.25) is 4.79 Å². The fourth-order valence-corrected chi connectivity index (χ4v) is 3.42. The molecule has 3 nitrogen and oxygen atoms in total. The van der Waals surface area contributed by atoms with E-state index in [-0.39, 0.29) is 11.9 Å². The van der Waals surface area contributed by atoms with Crippen LogP contribution in [0.1, 0.15) is 35.7 Å². The molecule has 1 aliphatic heterocycles. The quantitative estimate of drug-likeness (QED) is 0.812. The Morgan fingerprint density at radius 1 is 1.53 bits per heavy atom. The van der Waals surface area contributed by atoms with Crippen LogP contribution in [0.25, 0.3) is 0 Å². The summed E-state index contributed by atoms with van der Waals surface area (Å²) in [6, 6.07) is 6.09. The first-order valence-electron chi connectivity index (χ1n) is 6.82. The molecule has 0 aliphatic carbocycles. The number of piperidine rings is 1. The van der Waals surface area contributed by atoms with Crippen LogP contribution in [0, 0.1) is 16.4 Å². The van der Waals surface area contributed by atoms with Gasteiger partial charge in [0.1, 0.15) is 0 Å². The number of benzene rings is 1. The second-order valence-corrected chi connectivity index (χ2v) is 6.44. The lowest BCUT2D eigenvalue weighted by Gasteiger charge is -2.39. The van der Waals surface area contributed by atoms with Crippen LogP contribution in [0.3, 0.4) is 0 Å². The molecule has 1 aromatic rings. The number of halogens is 1. The lowest BCUT2D eigenvalue weighted by molar-refractivity contribution is 0.0531. The Morgan fingerprint density at radius 3 is 2.95 bits per heavy atom. The lowest BCUT2D eigenvalue weighted by Crippen LogP contribution is -2.51. The lowest BCUT2D eigenvalue weighted by atomic mass is 9.90. The topological polar surface area (TPSA) is 46.3 Å². The van der Waals surface area contributed by atoms with Crippen LogP contribution in [-0.2, 0) is 0 Å². The van der Waals surface area contributed by atoms with E-state index in [0.717, 1.165) is 34.1 Å². The van der Waals surface area contributed by atoms with Crippen molar-refractivity contribution >= 4 is 28.5 Å². The molecular formula is C15H21IN2O. The van der Waals surface area contributed by atoms with Crippen LogP contribution < -0.4 is 5.73 Å². The van der Waals surface area contributed by atoms with Crippen LogP contribution in [-0.4, -0.2) is 29.9 Å². The molecule has 2 N–H and O–H groups in total. The predicted octanol–water partition coefficient (Wildman–Crippen LogP) is 2.80. The van der Waals surface area contributed by atoms with Crippen molar-refractivity contribution in [2.75, 3.05) is 13.1 Å². The number of carbonyl (C=O) groups is 1. The molecule has 2 unspecified atom stereocenters. The van der Waals surface area contributed by atoms with Crippen molar-refractivity contribution in [3.8, 4) is 0 Å². The zero-order chi connectivity index (χ0) is 14.0. The summed E-state index contributed by atoms with van der Waals surface area (Å²) in [4.78, 5) is 14.7. The molecule has 2 atom stereocenters. The maximum Gasteiger partial charge on any atom is 0.255 e. The van der Waals surface area contributed by atoms with E-state index < -0.39 is 0 Å². The molecule has 2 rings (SSSR count). The number of aryl methyl sites for hydroxylation is 1. The normalized spacial score (nSPS) is 23.5.